The second kappa shape index (κ2) is 2.77. The first-order chi connectivity index (χ1) is 5.04. The summed E-state index contributed by atoms with van der Waals surface area (Å²) in [6.07, 6.45) is 0.213. The average Bonchev–Trinajstić information content (AvgIpc) is 1.95. The Balaban J connectivity index is 2.55. The number of hydrogen-bond donors (Lipinski definition) is 2. The SMILES string of the molecule is NC1(C(=O)O)CCC(F)CC1. The molecule has 0 bridgehead atoms. The van der Waals surface area contributed by atoms with Crippen molar-refractivity contribution in [1.29, 1.82) is 0 Å². The van der Waals surface area contributed by atoms with E-state index in [1.54, 1.807) is 0 Å². The molecule has 0 aromatic heterocycles. The number of carboxylic acid groups (broad SMARTS) is 1. The zero-order valence-electron chi connectivity index (χ0n) is 6.22. The van der Waals surface area contributed by atoms with Gasteiger partial charge in [-0.2, -0.15) is 0 Å². The molecule has 1 aliphatic rings. The molecule has 1 aliphatic carbocycles. The second-order valence-electron chi connectivity index (χ2n) is 3.14. The normalized spacial score (nSPS) is 38.5. The molecule has 1 fully saturated rings. The van der Waals surface area contributed by atoms with E-state index in [2.05, 4.69) is 0 Å². The van der Waals surface area contributed by atoms with Gasteiger partial charge in [0.2, 0.25) is 0 Å². The summed E-state index contributed by atoms with van der Waals surface area (Å²) in [5.74, 6) is -1.01. The number of hydrogen-bond acceptors (Lipinski definition) is 2. The van der Waals surface area contributed by atoms with Crippen LogP contribution >= 0.6 is 0 Å². The number of rotatable bonds is 1. The van der Waals surface area contributed by atoms with Gasteiger partial charge in [-0.15, -0.1) is 0 Å². The van der Waals surface area contributed by atoms with E-state index in [1.807, 2.05) is 0 Å². The van der Waals surface area contributed by atoms with E-state index in [4.69, 9.17) is 10.8 Å². The van der Waals surface area contributed by atoms with Gasteiger partial charge in [0.1, 0.15) is 11.7 Å². The lowest BCUT2D eigenvalue weighted by Crippen LogP contribution is -2.50. The second-order valence-corrected chi connectivity index (χ2v) is 3.14. The molecule has 64 valence electrons. The summed E-state index contributed by atoms with van der Waals surface area (Å²) in [6.45, 7) is 0. The van der Waals surface area contributed by atoms with Crippen LogP contribution in [0, 0.1) is 0 Å². The molecule has 11 heavy (non-hydrogen) atoms. The first-order valence-corrected chi connectivity index (χ1v) is 3.71. The minimum absolute atomic E-state index is 0.253. The number of aliphatic carboxylic acids is 1. The van der Waals surface area contributed by atoms with E-state index in [9.17, 15) is 9.18 Å². The number of carbonyl (C=O) groups is 1. The van der Waals surface area contributed by atoms with Crippen molar-refractivity contribution in [2.45, 2.75) is 37.4 Å². The third kappa shape index (κ3) is 1.68. The smallest absolute Gasteiger partial charge is 0.323 e. The molecule has 3 nitrogen and oxygen atoms in total. The van der Waals surface area contributed by atoms with Crippen LogP contribution in [-0.4, -0.2) is 22.8 Å². The van der Waals surface area contributed by atoms with Gasteiger partial charge in [0.15, 0.2) is 0 Å². The summed E-state index contributed by atoms with van der Waals surface area (Å²) in [6, 6.07) is 0. The van der Waals surface area contributed by atoms with Crippen molar-refractivity contribution in [2.24, 2.45) is 5.73 Å². The Kier molecular flexibility index (Phi) is 2.13. The molecule has 4 heteroatoms. The quantitative estimate of drug-likeness (QED) is 0.594. The molecule has 0 unspecified atom stereocenters. The molecule has 0 heterocycles. The van der Waals surface area contributed by atoms with Gasteiger partial charge in [-0.05, 0) is 25.7 Å². The monoisotopic (exact) mass is 161 g/mol. The summed E-state index contributed by atoms with van der Waals surface area (Å²) in [5, 5.41) is 8.64. The van der Waals surface area contributed by atoms with Crippen molar-refractivity contribution in [2.75, 3.05) is 0 Å². The summed E-state index contributed by atoms with van der Waals surface area (Å²) in [4.78, 5) is 10.5. The highest BCUT2D eigenvalue weighted by molar-refractivity contribution is 5.78. The van der Waals surface area contributed by atoms with E-state index in [0.717, 1.165) is 0 Å². The van der Waals surface area contributed by atoms with Crippen LogP contribution in [0.4, 0.5) is 4.39 Å². The van der Waals surface area contributed by atoms with E-state index in [1.165, 1.54) is 0 Å². The van der Waals surface area contributed by atoms with Crippen LogP contribution in [0.3, 0.4) is 0 Å². The van der Waals surface area contributed by atoms with E-state index < -0.39 is 17.7 Å². The molecule has 1 rings (SSSR count). The lowest BCUT2D eigenvalue weighted by molar-refractivity contribution is -0.145. The van der Waals surface area contributed by atoms with Gasteiger partial charge >= 0.3 is 5.97 Å². The minimum atomic E-state index is -1.16. The Hall–Kier alpha value is -0.640. The number of halogens is 1. The molecule has 0 aromatic rings. The largest absolute Gasteiger partial charge is 0.480 e. The lowest BCUT2D eigenvalue weighted by Gasteiger charge is -2.30. The Morgan fingerprint density at radius 3 is 2.36 bits per heavy atom. The summed E-state index contributed by atoms with van der Waals surface area (Å²) >= 11 is 0. The van der Waals surface area contributed by atoms with E-state index in [0.29, 0.717) is 0 Å². The van der Waals surface area contributed by atoms with Crippen molar-refractivity contribution in [1.82, 2.24) is 0 Å². The Morgan fingerprint density at radius 1 is 1.55 bits per heavy atom. The molecule has 3 N–H and O–H groups in total. The molecule has 0 aliphatic heterocycles. The van der Waals surface area contributed by atoms with Crippen molar-refractivity contribution in [3.63, 3.8) is 0 Å². The van der Waals surface area contributed by atoms with Gasteiger partial charge in [0, 0.05) is 0 Å². The summed E-state index contributed by atoms with van der Waals surface area (Å²) in [5.41, 5.74) is 4.33. The Bertz CT molecular complexity index is 164. The maximum absolute atomic E-state index is 12.5. The van der Waals surface area contributed by atoms with Crippen LogP contribution in [0.2, 0.25) is 0 Å². The van der Waals surface area contributed by atoms with Gasteiger partial charge in [-0.3, -0.25) is 4.79 Å². The molecule has 0 radical (unpaired) electrons. The highest BCUT2D eigenvalue weighted by Crippen LogP contribution is 2.27. The van der Waals surface area contributed by atoms with Crippen LogP contribution < -0.4 is 5.73 Å². The van der Waals surface area contributed by atoms with Gasteiger partial charge in [0.05, 0.1) is 0 Å². The molecule has 0 aromatic carbocycles. The fraction of sp³-hybridized carbons (Fsp3) is 0.857. The number of carboxylic acids is 1. The molecule has 0 amide bonds. The molecule has 0 saturated heterocycles. The highest BCUT2D eigenvalue weighted by atomic mass is 19.1. The van der Waals surface area contributed by atoms with Crippen LogP contribution in [-0.2, 0) is 4.79 Å². The molecule has 1 saturated carbocycles. The van der Waals surface area contributed by atoms with Crippen LogP contribution in [0.15, 0.2) is 0 Å². The topological polar surface area (TPSA) is 63.3 Å². The fourth-order valence-corrected chi connectivity index (χ4v) is 1.31. The van der Waals surface area contributed by atoms with Gasteiger partial charge < -0.3 is 10.8 Å². The van der Waals surface area contributed by atoms with Crippen molar-refractivity contribution in [3.8, 4) is 0 Å². The Labute approximate surface area is 64.4 Å². The fourth-order valence-electron chi connectivity index (χ4n) is 1.31. The molecular formula is C7H12FNO2. The predicted molar refractivity (Wildman–Crippen MR) is 37.9 cm³/mol. The zero-order chi connectivity index (χ0) is 8.48. The summed E-state index contributed by atoms with van der Waals surface area (Å²) in [7, 11) is 0. The molecule has 0 atom stereocenters. The first kappa shape index (κ1) is 8.46. The van der Waals surface area contributed by atoms with E-state index >= 15 is 0 Å². The van der Waals surface area contributed by atoms with Crippen LogP contribution in [0.5, 0.6) is 0 Å². The van der Waals surface area contributed by atoms with E-state index in [-0.39, 0.29) is 25.7 Å². The molecule has 0 spiro atoms. The maximum Gasteiger partial charge on any atom is 0.323 e. The van der Waals surface area contributed by atoms with Crippen LogP contribution in [0.1, 0.15) is 25.7 Å². The highest BCUT2D eigenvalue weighted by Gasteiger charge is 2.38. The first-order valence-electron chi connectivity index (χ1n) is 3.71. The maximum atomic E-state index is 12.5. The average molecular weight is 161 g/mol. The standard InChI is InChI=1S/C7H12FNO2/c8-5-1-3-7(9,4-2-5)6(10)11/h5H,1-4,9H2,(H,10,11). The third-order valence-corrected chi connectivity index (χ3v) is 2.23. The van der Waals surface area contributed by atoms with Crippen LogP contribution in [0.25, 0.3) is 0 Å². The lowest BCUT2D eigenvalue weighted by atomic mass is 9.82. The van der Waals surface area contributed by atoms with Gasteiger partial charge in [-0.25, -0.2) is 4.39 Å². The van der Waals surface area contributed by atoms with Crippen molar-refractivity contribution >= 4 is 5.97 Å². The number of alkyl halides is 1. The van der Waals surface area contributed by atoms with Crippen molar-refractivity contribution < 1.29 is 14.3 Å². The molecular weight excluding hydrogens is 149 g/mol. The third-order valence-electron chi connectivity index (χ3n) is 2.23. The van der Waals surface area contributed by atoms with Crippen molar-refractivity contribution in [3.05, 3.63) is 0 Å². The minimum Gasteiger partial charge on any atom is -0.480 e. The Morgan fingerprint density at radius 2 is 2.00 bits per heavy atom. The summed E-state index contributed by atoms with van der Waals surface area (Å²) < 4.78 is 12.5. The number of nitrogens with two attached hydrogens (primary N) is 1. The van der Waals surface area contributed by atoms with Gasteiger partial charge in [-0.1, -0.05) is 0 Å². The zero-order valence-corrected chi connectivity index (χ0v) is 6.22. The predicted octanol–water partition coefficient (Wildman–Crippen LogP) is 0.681. The van der Waals surface area contributed by atoms with Gasteiger partial charge in [0.25, 0.3) is 0 Å².